The number of esters is 1. The zero-order valence-corrected chi connectivity index (χ0v) is 16.9. The molecule has 0 aromatic heterocycles. The minimum absolute atomic E-state index is 0.00552. The zero-order valence-electron chi connectivity index (χ0n) is 16.1. The number of carbonyl (C=O) groups excluding carboxylic acids is 1. The quantitative estimate of drug-likeness (QED) is 0.532. The lowest BCUT2D eigenvalue weighted by Crippen LogP contribution is -2.45. The summed E-state index contributed by atoms with van der Waals surface area (Å²) in [5.41, 5.74) is 0.908. The van der Waals surface area contributed by atoms with Gasteiger partial charge in [0.05, 0.1) is 11.5 Å². The number of aliphatic hydroxyl groups is 1. The van der Waals surface area contributed by atoms with E-state index >= 15 is 0 Å². The maximum atomic E-state index is 12.4. The number of aliphatic hydroxyl groups excluding tert-OH is 1. The van der Waals surface area contributed by atoms with E-state index in [1.165, 1.54) is 19.1 Å². The van der Waals surface area contributed by atoms with E-state index in [4.69, 9.17) is 23.1 Å². The average Bonchev–Trinajstić information content (AvgIpc) is 3.00. The fourth-order valence-electron chi connectivity index (χ4n) is 3.25. The van der Waals surface area contributed by atoms with Crippen LogP contribution in [-0.2, 0) is 38.0 Å². The number of carbonyl (C=O) groups is 1. The number of hydrogen-bond acceptors (Lipinski definition) is 9. The van der Waals surface area contributed by atoms with Crippen LogP contribution in [0.15, 0.2) is 29.2 Å². The van der Waals surface area contributed by atoms with Crippen molar-refractivity contribution in [2.45, 2.75) is 62.5 Å². The van der Waals surface area contributed by atoms with E-state index in [1.54, 1.807) is 26.0 Å². The van der Waals surface area contributed by atoms with Crippen molar-refractivity contribution in [3.8, 4) is 0 Å². The molecule has 0 saturated carbocycles. The Labute approximate surface area is 163 Å². The molecule has 1 aromatic carbocycles. The van der Waals surface area contributed by atoms with E-state index in [2.05, 4.69) is 0 Å². The molecule has 0 bridgehead atoms. The lowest BCUT2D eigenvalue weighted by Gasteiger charge is -2.28. The van der Waals surface area contributed by atoms with Crippen LogP contribution in [0.4, 0.5) is 0 Å². The first-order valence-electron chi connectivity index (χ1n) is 8.77. The molecule has 0 aliphatic carbocycles. The zero-order chi connectivity index (χ0) is 20.7. The highest BCUT2D eigenvalue weighted by Gasteiger charge is 2.65. The maximum absolute atomic E-state index is 12.4. The molecule has 0 unspecified atom stereocenters. The van der Waals surface area contributed by atoms with Crippen LogP contribution in [0, 0.1) is 6.92 Å². The standard InChI is InChI=1S/C18H24O9S/c1-11-5-7-13(8-6-11)28(21,22)24-9-14-15(20)16-18(25-14,10-23-12(2)19)27-17(3,4)26-16/h5-8,14-16,20H,9-10H2,1-4H3/t14-,15+,16-,18-/m0/s1. The van der Waals surface area contributed by atoms with Gasteiger partial charge in [0.25, 0.3) is 10.1 Å². The van der Waals surface area contributed by atoms with E-state index in [0.29, 0.717) is 0 Å². The Bertz CT molecular complexity index is 833. The van der Waals surface area contributed by atoms with Crippen molar-refractivity contribution in [3.05, 3.63) is 29.8 Å². The van der Waals surface area contributed by atoms with Crippen LogP contribution >= 0.6 is 0 Å². The van der Waals surface area contributed by atoms with Gasteiger partial charge in [0, 0.05) is 6.92 Å². The molecule has 1 aromatic rings. The van der Waals surface area contributed by atoms with Gasteiger partial charge in [-0.25, -0.2) is 0 Å². The van der Waals surface area contributed by atoms with Gasteiger partial charge in [-0.2, -0.15) is 8.42 Å². The van der Waals surface area contributed by atoms with Crippen LogP contribution in [0.1, 0.15) is 26.3 Å². The summed E-state index contributed by atoms with van der Waals surface area (Å²) >= 11 is 0. The summed E-state index contributed by atoms with van der Waals surface area (Å²) in [7, 11) is -4.04. The molecular weight excluding hydrogens is 392 g/mol. The second-order valence-electron chi connectivity index (χ2n) is 7.33. The van der Waals surface area contributed by atoms with Gasteiger partial charge in [-0.05, 0) is 32.9 Å². The maximum Gasteiger partial charge on any atom is 0.302 e. The second-order valence-corrected chi connectivity index (χ2v) is 8.95. The molecule has 156 valence electrons. The summed E-state index contributed by atoms with van der Waals surface area (Å²) < 4.78 is 52.0. The van der Waals surface area contributed by atoms with Crippen LogP contribution in [0.25, 0.3) is 0 Å². The predicted molar refractivity (Wildman–Crippen MR) is 94.6 cm³/mol. The van der Waals surface area contributed by atoms with Gasteiger partial charge in [0.2, 0.25) is 5.79 Å². The Morgan fingerprint density at radius 1 is 1.21 bits per heavy atom. The number of benzene rings is 1. The molecular formula is C18H24O9S. The fourth-order valence-corrected chi connectivity index (χ4v) is 4.16. The molecule has 1 N–H and O–H groups in total. The van der Waals surface area contributed by atoms with Crippen molar-refractivity contribution in [2.24, 2.45) is 0 Å². The van der Waals surface area contributed by atoms with Crippen molar-refractivity contribution in [3.63, 3.8) is 0 Å². The van der Waals surface area contributed by atoms with Crippen LogP contribution in [0.5, 0.6) is 0 Å². The normalized spacial score (nSPS) is 31.5. The highest BCUT2D eigenvalue weighted by Crippen LogP contribution is 2.45. The molecule has 0 amide bonds. The molecule has 2 aliphatic heterocycles. The SMILES string of the molecule is CC(=O)OC[C@@]12O[C@@H](COS(=O)(=O)c3ccc(C)cc3)[C@@H](O)[C@@H]1OC(C)(C)O2. The number of fused-ring (bicyclic) bond motifs is 1. The summed E-state index contributed by atoms with van der Waals surface area (Å²) in [5, 5.41) is 10.6. The molecule has 0 spiro atoms. The third-order valence-electron chi connectivity index (χ3n) is 4.48. The van der Waals surface area contributed by atoms with E-state index in [-0.39, 0.29) is 11.5 Å². The molecule has 28 heavy (non-hydrogen) atoms. The molecule has 2 fully saturated rings. The van der Waals surface area contributed by atoms with Crippen LogP contribution in [0.3, 0.4) is 0 Å². The molecule has 4 atom stereocenters. The fraction of sp³-hybridized carbons (Fsp3) is 0.611. The van der Waals surface area contributed by atoms with Crippen molar-refractivity contribution < 1.29 is 41.4 Å². The topological polar surface area (TPSA) is 118 Å². The molecule has 10 heteroatoms. The van der Waals surface area contributed by atoms with Gasteiger partial charge in [0.1, 0.15) is 24.9 Å². The molecule has 2 saturated heterocycles. The molecule has 9 nitrogen and oxygen atoms in total. The van der Waals surface area contributed by atoms with Gasteiger partial charge in [-0.1, -0.05) is 17.7 Å². The Morgan fingerprint density at radius 2 is 1.86 bits per heavy atom. The number of hydrogen-bond donors (Lipinski definition) is 1. The van der Waals surface area contributed by atoms with Crippen LogP contribution in [-0.4, -0.2) is 62.6 Å². The van der Waals surface area contributed by atoms with E-state index in [9.17, 15) is 18.3 Å². The third-order valence-corrected chi connectivity index (χ3v) is 5.77. The summed E-state index contributed by atoms with van der Waals surface area (Å²) in [4.78, 5) is 11.2. The van der Waals surface area contributed by atoms with Crippen molar-refractivity contribution in [2.75, 3.05) is 13.2 Å². The van der Waals surface area contributed by atoms with Gasteiger partial charge in [-0.3, -0.25) is 8.98 Å². The Balaban J connectivity index is 1.72. The largest absolute Gasteiger partial charge is 0.460 e. The Kier molecular flexibility index (Phi) is 5.56. The number of rotatable bonds is 6. The van der Waals surface area contributed by atoms with Crippen LogP contribution in [0.2, 0.25) is 0 Å². The third kappa shape index (κ3) is 4.22. The minimum atomic E-state index is -4.04. The highest BCUT2D eigenvalue weighted by molar-refractivity contribution is 7.86. The number of ether oxygens (including phenoxy) is 4. The summed E-state index contributed by atoms with van der Waals surface area (Å²) in [6, 6.07) is 6.17. The van der Waals surface area contributed by atoms with Gasteiger partial charge >= 0.3 is 5.97 Å². The van der Waals surface area contributed by atoms with Gasteiger partial charge < -0.3 is 24.1 Å². The van der Waals surface area contributed by atoms with Crippen LogP contribution < -0.4 is 0 Å². The second kappa shape index (κ2) is 7.36. The van der Waals surface area contributed by atoms with Crippen molar-refractivity contribution in [1.82, 2.24) is 0 Å². The van der Waals surface area contributed by atoms with Gasteiger partial charge in [-0.15, -0.1) is 0 Å². The van der Waals surface area contributed by atoms with E-state index in [0.717, 1.165) is 5.56 Å². The molecule has 3 rings (SSSR count). The van der Waals surface area contributed by atoms with E-state index in [1.807, 2.05) is 6.92 Å². The monoisotopic (exact) mass is 416 g/mol. The Morgan fingerprint density at radius 3 is 2.46 bits per heavy atom. The highest BCUT2D eigenvalue weighted by atomic mass is 32.2. The smallest absolute Gasteiger partial charge is 0.302 e. The van der Waals surface area contributed by atoms with Crippen molar-refractivity contribution in [1.29, 1.82) is 0 Å². The van der Waals surface area contributed by atoms with E-state index < -0.39 is 52.6 Å². The lowest BCUT2D eigenvalue weighted by molar-refractivity contribution is -0.277. The molecule has 0 radical (unpaired) electrons. The number of aryl methyl sites for hydroxylation is 1. The minimum Gasteiger partial charge on any atom is -0.460 e. The summed E-state index contributed by atoms with van der Waals surface area (Å²) in [5.74, 6) is -3.18. The van der Waals surface area contributed by atoms with Gasteiger partial charge in [0.15, 0.2) is 5.79 Å². The summed E-state index contributed by atoms with van der Waals surface area (Å²) in [6.07, 6.45) is -3.28. The molecule has 2 heterocycles. The molecule has 2 aliphatic rings. The first-order valence-corrected chi connectivity index (χ1v) is 10.2. The average molecular weight is 416 g/mol. The summed E-state index contributed by atoms with van der Waals surface area (Å²) in [6.45, 7) is 5.56. The first kappa shape index (κ1) is 21.2. The first-order chi connectivity index (χ1) is 12.9. The predicted octanol–water partition coefficient (Wildman–Crippen LogP) is 0.871. The lowest BCUT2D eigenvalue weighted by atomic mass is 10.1. The van der Waals surface area contributed by atoms with Crippen molar-refractivity contribution >= 4 is 16.1 Å². The Hall–Kier alpha value is -1.56.